The molecule has 0 bridgehead atoms. The van der Waals surface area contributed by atoms with E-state index in [2.05, 4.69) is 30.1 Å². The summed E-state index contributed by atoms with van der Waals surface area (Å²) in [5.74, 6) is -0.0168. The lowest BCUT2D eigenvalue weighted by atomic mass is 9.82. The summed E-state index contributed by atoms with van der Waals surface area (Å²) in [5.41, 5.74) is 1.31. The summed E-state index contributed by atoms with van der Waals surface area (Å²) in [6, 6.07) is 9.06. The molecule has 0 spiro atoms. The normalized spacial score (nSPS) is 19.9. The zero-order valence-electron chi connectivity index (χ0n) is 18.2. The van der Waals surface area contributed by atoms with Crippen molar-refractivity contribution < 1.29 is 18.0 Å². The summed E-state index contributed by atoms with van der Waals surface area (Å²) in [7, 11) is 0. The molecular weight excluding hydrogens is 445 g/mol. The van der Waals surface area contributed by atoms with Crippen LogP contribution in [-0.4, -0.2) is 46.5 Å². The molecule has 1 saturated heterocycles. The van der Waals surface area contributed by atoms with E-state index in [4.69, 9.17) is 0 Å². The molecule has 176 valence electrons. The van der Waals surface area contributed by atoms with Crippen molar-refractivity contribution in [2.75, 3.05) is 29.4 Å². The highest BCUT2D eigenvalue weighted by Crippen LogP contribution is 2.40. The third-order valence-corrected chi connectivity index (χ3v) is 6.42. The molecule has 0 aliphatic carbocycles. The monoisotopic (exact) mass is 468 g/mol. The maximum absolute atomic E-state index is 13.4. The zero-order valence-corrected chi connectivity index (χ0v) is 18.2. The molecule has 2 atom stereocenters. The van der Waals surface area contributed by atoms with Crippen molar-refractivity contribution in [3.05, 3.63) is 78.0 Å². The van der Waals surface area contributed by atoms with E-state index in [0.29, 0.717) is 36.7 Å². The van der Waals surface area contributed by atoms with E-state index in [1.54, 1.807) is 30.9 Å². The summed E-state index contributed by atoms with van der Waals surface area (Å²) in [4.78, 5) is 30.2. The lowest BCUT2D eigenvalue weighted by molar-refractivity contribution is -0.137. The van der Waals surface area contributed by atoms with Crippen LogP contribution in [0.3, 0.4) is 0 Å². The fourth-order valence-corrected chi connectivity index (χ4v) is 4.77. The van der Waals surface area contributed by atoms with Gasteiger partial charge in [0.2, 0.25) is 5.91 Å². The Bertz CT molecular complexity index is 1160. The van der Waals surface area contributed by atoms with E-state index in [1.807, 2.05) is 12.1 Å². The average Bonchev–Trinajstić information content (AvgIpc) is 2.86. The van der Waals surface area contributed by atoms with Crippen molar-refractivity contribution in [1.82, 2.24) is 20.3 Å². The summed E-state index contributed by atoms with van der Waals surface area (Å²) in [6.45, 7) is 1.95. The van der Waals surface area contributed by atoms with Gasteiger partial charge in [0.15, 0.2) is 0 Å². The first-order valence-corrected chi connectivity index (χ1v) is 11.1. The van der Waals surface area contributed by atoms with Gasteiger partial charge in [0, 0.05) is 43.9 Å². The number of fused-ring (bicyclic) bond motifs is 3. The van der Waals surface area contributed by atoms with Crippen LogP contribution in [0.4, 0.5) is 24.7 Å². The topological polar surface area (TPSA) is 74.2 Å². The van der Waals surface area contributed by atoms with Gasteiger partial charge in [-0.2, -0.15) is 13.2 Å². The Kier molecular flexibility index (Phi) is 5.80. The van der Waals surface area contributed by atoms with Crippen LogP contribution in [0, 0.1) is 5.92 Å². The zero-order chi connectivity index (χ0) is 23.7. The van der Waals surface area contributed by atoms with Crippen LogP contribution in [0.25, 0.3) is 0 Å². The standard InChI is InChI=1S/C24H23F3N6O/c25-24(26,27)17-4-5-20-16(11-17)12-19(23(34)31-13-18-3-1-2-6-29-18)21-15-32(9-10-33(20)21)22-14-28-7-8-30-22/h1-8,11,14,19,21H,9-10,12-13,15H2,(H,31,34)/t19-,21-/m0/s1. The first-order valence-electron chi connectivity index (χ1n) is 11.1. The van der Waals surface area contributed by atoms with Crippen LogP contribution >= 0.6 is 0 Å². The van der Waals surface area contributed by atoms with Crippen molar-refractivity contribution in [2.24, 2.45) is 5.92 Å². The Morgan fingerprint density at radius 3 is 2.71 bits per heavy atom. The number of amides is 1. The Morgan fingerprint density at radius 1 is 1.09 bits per heavy atom. The number of alkyl halides is 3. The second kappa shape index (κ2) is 8.92. The number of carbonyl (C=O) groups excluding carboxylic acids is 1. The highest BCUT2D eigenvalue weighted by Gasteiger charge is 2.43. The van der Waals surface area contributed by atoms with E-state index in [1.165, 1.54) is 12.1 Å². The Hall–Kier alpha value is -3.69. The summed E-state index contributed by atoms with van der Waals surface area (Å²) in [6.07, 6.45) is 2.34. The largest absolute Gasteiger partial charge is 0.416 e. The van der Waals surface area contributed by atoms with Gasteiger partial charge < -0.3 is 15.1 Å². The molecule has 10 heteroatoms. The molecule has 7 nitrogen and oxygen atoms in total. The molecule has 2 aliphatic rings. The molecule has 1 aromatic carbocycles. The van der Waals surface area contributed by atoms with Gasteiger partial charge in [0.05, 0.1) is 36.0 Å². The number of nitrogens with zero attached hydrogens (tertiary/aromatic N) is 5. The number of halogens is 3. The van der Waals surface area contributed by atoms with Crippen LogP contribution < -0.4 is 15.1 Å². The summed E-state index contributed by atoms with van der Waals surface area (Å²) < 4.78 is 40.1. The Morgan fingerprint density at radius 2 is 1.97 bits per heavy atom. The third-order valence-electron chi connectivity index (χ3n) is 6.42. The number of nitrogens with one attached hydrogen (secondary N) is 1. The molecule has 1 N–H and O–H groups in total. The molecule has 1 fully saturated rings. The van der Waals surface area contributed by atoms with Crippen LogP contribution in [0.15, 0.2) is 61.2 Å². The number of hydrogen-bond acceptors (Lipinski definition) is 6. The minimum atomic E-state index is -4.44. The number of anilines is 2. The van der Waals surface area contributed by atoms with Crippen molar-refractivity contribution in [3.63, 3.8) is 0 Å². The molecule has 0 radical (unpaired) electrons. The maximum atomic E-state index is 13.4. The fraction of sp³-hybridized carbons (Fsp3) is 0.333. The van der Waals surface area contributed by atoms with E-state index in [0.717, 1.165) is 11.8 Å². The lowest BCUT2D eigenvalue weighted by Gasteiger charge is -2.49. The maximum Gasteiger partial charge on any atom is 0.416 e. The van der Waals surface area contributed by atoms with E-state index in [-0.39, 0.29) is 24.9 Å². The van der Waals surface area contributed by atoms with Crippen molar-refractivity contribution in [1.29, 1.82) is 0 Å². The average molecular weight is 468 g/mol. The predicted octanol–water partition coefficient (Wildman–Crippen LogP) is 3.07. The number of carbonyl (C=O) groups is 1. The first-order chi connectivity index (χ1) is 16.4. The van der Waals surface area contributed by atoms with Gasteiger partial charge >= 0.3 is 6.18 Å². The van der Waals surface area contributed by atoms with Gasteiger partial charge in [-0.3, -0.25) is 14.8 Å². The van der Waals surface area contributed by atoms with Gasteiger partial charge in [-0.05, 0) is 42.3 Å². The molecule has 5 rings (SSSR count). The molecule has 2 aromatic heterocycles. The van der Waals surface area contributed by atoms with Gasteiger partial charge in [-0.25, -0.2) is 4.98 Å². The SMILES string of the molecule is O=C(NCc1ccccn1)[C@H]1Cc2cc(C(F)(F)F)ccc2N2CCN(c3cnccn3)C[C@@H]12. The first kappa shape index (κ1) is 22.1. The number of hydrogen-bond donors (Lipinski definition) is 1. The molecule has 0 saturated carbocycles. The highest BCUT2D eigenvalue weighted by molar-refractivity contribution is 5.82. The highest BCUT2D eigenvalue weighted by atomic mass is 19.4. The molecular formula is C24H23F3N6O. The second-order valence-corrected chi connectivity index (χ2v) is 8.46. The van der Waals surface area contributed by atoms with E-state index >= 15 is 0 Å². The van der Waals surface area contributed by atoms with Crippen molar-refractivity contribution in [3.8, 4) is 0 Å². The summed E-state index contributed by atoms with van der Waals surface area (Å²) in [5, 5.41) is 2.94. The fourth-order valence-electron chi connectivity index (χ4n) is 4.77. The molecule has 0 unspecified atom stereocenters. The van der Waals surface area contributed by atoms with Crippen LogP contribution in [0.5, 0.6) is 0 Å². The Labute approximate surface area is 194 Å². The van der Waals surface area contributed by atoms with Crippen LogP contribution in [0.1, 0.15) is 16.8 Å². The molecule has 3 aromatic rings. The van der Waals surface area contributed by atoms with Gasteiger partial charge in [-0.15, -0.1) is 0 Å². The second-order valence-electron chi connectivity index (χ2n) is 8.46. The number of aromatic nitrogens is 3. The van der Waals surface area contributed by atoms with Crippen LogP contribution in [0.2, 0.25) is 0 Å². The van der Waals surface area contributed by atoms with Gasteiger partial charge in [0.1, 0.15) is 5.82 Å². The number of piperazine rings is 1. The molecule has 34 heavy (non-hydrogen) atoms. The molecule has 4 heterocycles. The lowest BCUT2D eigenvalue weighted by Crippen LogP contribution is -2.61. The summed E-state index contributed by atoms with van der Waals surface area (Å²) >= 11 is 0. The van der Waals surface area contributed by atoms with Crippen LogP contribution in [-0.2, 0) is 23.9 Å². The molecule has 2 aliphatic heterocycles. The van der Waals surface area contributed by atoms with E-state index in [9.17, 15) is 18.0 Å². The number of benzene rings is 1. The minimum absolute atomic E-state index is 0.204. The quantitative estimate of drug-likeness (QED) is 0.635. The predicted molar refractivity (Wildman–Crippen MR) is 120 cm³/mol. The number of pyridine rings is 1. The number of rotatable bonds is 4. The van der Waals surface area contributed by atoms with Crippen molar-refractivity contribution in [2.45, 2.75) is 25.2 Å². The third kappa shape index (κ3) is 4.40. The van der Waals surface area contributed by atoms with E-state index < -0.39 is 17.7 Å². The van der Waals surface area contributed by atoms with Gasteiger partial charge in [0.25, 0.3) is 0 Å². The molecule has 1 amide bonds. The Balaban J connectivity index is 1.44. The smallest absolute Gasteiger partial charge is 0.364 e. The van der Waals surface area contributed by atoms with Gasteiger partial charge in [-0.1, -0.05) is 6.07 Å². The minimum Gasteiger partial charge on any atom is -0.364 e. The van der Waals surface area contributed by atoms with Crippen molar-refractivity contribution >= 4 is 17.4 Å².